The molecule has 0 bridgehead atoms. The number of carbonyl (C=O) groups is 1. The largest absolute Gasteiger partial charge is 0.493 e. The average Bonchev–Trinajstić information content (AvgIpc) is 2.55. The molecule has 0 aliphatic carbocycles. The third-order valence-electron chi connectivity index (χ3n) is 3.26. The van der Waals surface area contributed by atoms with Crippen LogP contribution < -0.4 is 9.47 Å². The number of rotatable bonds is 11. The quantitative estimate of drug-likeness (QED) is 0.265. The minimum atomic E-state index is -0.617. The van der Waals surface area contributed by atoms with E-state index >= 15 is 0 Å². The highest BCUT2D eigenvalue weighted by molar-refractivity contribution is 5.83. The Morgan fingerprint density at radius 3 is 2.52 bits per heavy atom. The maximum absolute atomic E-state index is 11.0. The summed E-state index contributed by atoms with van der Waals surface area (Å²) in [6, 6.07) is 2.53. The van der Waals surface area contributed by atoms with Crippen molar-refractivity contribution < 1.29 is 23.9 Å². The van der Waals surface area contributed by atoms with Crippen molar-refractivity contribution in [3.63, 3.8) is 0 Å². The minimum Gasteiger partial charge on any atom is -0.493 e. The molecular weight excluding hydrogens is 304 g/mol. The van der Waals surface area contributed by atoms with E-state index in [2.05, 4.69) is 4.90 Å². The van der Waals surface area contributed by atoms with Crippen LogP contribution in [0.5, 0.6) is 11.5 Å². The number of nitro benzene ring substituents is 1. The van der Waals surface area contributed by atoms with Gasteiger partial charge < -0.3 is 19.1 Å². The highest BCUT2D eigenvalue weighted by atomic mass is 16.6. The van der Waals surface area contributed by atoms with Crippen LogP contribution >= 0.6 is 0 Å². The van der Waals surface area contributed by atoms with E-state index in [9.17, 15) is 14.9 Å². The van der Waals surface area contributed by atoms with Crippen LogP contribution in [0.15, 0.2) is 12.1 Å². The van der Waals surface area contributed by atoms with Crippen molar-refractivity contribution in [2.24, 2.45) is 0 Å². The monoisotopic (exact) mass is 326 g/mol. The van der Waals surface area contributed by atoms with Gasteiger partial charge in [0.15, 0.2) is 17.8 Å². The molecule has 1 rings (SSSR count). The molecule has 0 unspecified atom stereocenters. The lowest BCUT2D eigenvalue weighted by molar-refractivity contribution is -0.385. The van der Waals surface area contributed by atoms with Gasteiger partial charge in [-0.2, -0.15) is 0 Å². The van der Waals surface area contributed by atoms with E-state index in [1.807, 2.05) is 7.05 Å². The fraction of sp³-hybridized carbons (Fsp3) is 0.533. The molecule has 128 valence electrons. The second-order valence-electron chi connectivity index (χ2n) is 4.93. The standard InChI is InChI=1S/C15H22N2O6/c1-16(6-8-21-2)5-4-7-23-15-10-13(17(19)20)12(11-18)9-14(15)22-3/h9-11H,4-8H2,1-3H3. The topological polar surface area (TPSA) is 91.1 Å². The van der Waals surface area contributed by atoms with Crippen molar-refractivity contribution in [3.8, 4) is 11.5 Å². The maximum Gasteiger partial charge on any atom is 0.283 e. The molecule has 8 nitrogen and oxygen atoms in total. The lowest BCUT2D eigenvalue weighted by Crippen LogP contribution is -2.25. The zero-order valence-corrected chi connectivity index (χ0v) is 13.6. The van der Waals surface area contributed by atoms with Crippen molar-refractivity contribution in [1.82, 2.24) is 4.90 Å². The third kappa shape index (κ3) is 5.84. The van der Waals surface area contributed by atoms with Crippen molar-refractivity contribution in [3.05, 3.63) is 27.8 Å². The van der Waals surface area contributed by atoms with E-state index in [-0.39, 0.29) is 17.0 Å². The molecule has 1 aromatic rings. The zero-order valence-electron chi connectivity index (χ0n) is 13.6. The number of hydrogen-bond acceptors (Lipinski definition) is 7. The summed E-state index contributed by atoms with van der Waals surface area (Å²) in [6.07, 6.45) is 1.17. The zero-order chi connectivity index (χ0) is 17.2. The van der Waals surface area contributed by atoms with Crippen LogP contribution in [0.25, 0.3) is 0 Å². The molecule has 0 spiro atoms. The highest BCUT2D eigenvalue weighted by Crippen LogP contribution is 2.34. The summed E-state index contributed by atoms with van der Waals surface area (Å²) in [5.41, 5.74) is -0.341. The number of nitrogens with zero attached hydrogens (tertiary/aromatic N) is 2. The lowest BCUT2D eigenvalue weighted by Gasteiger charge is -2.16. The minimum absolute atomic E-state index is 0.0431. The third-order valence-corrected chi connectivity index (χ3v) is 3.26. The van der Waals surface area contributed by atoms with E-state index in [1.165, 1.54) is 19.2 Å². The summed E-state index contributed by atoms with van der Waals surface area (Å²) >= 11 is 0. The molecule has 0 saturated heterocycles. The Bertz CT molecular complexity index is 535. The van der Waals surface area contributed by atoms with Crippen LogP contribution in [0.2, 0.25) is 0 Å². The number of hydrogen-bond donors (Lipinski definition) is 0. The lowest BCUT2D eigenvalue weighted by atomic mass is 10.1. The number of carbonyl (C=O) groups excluding carboxylic acids is 1. The fourth-order valence-electron chi connectivity index (χ4n) is 1.97. The van der Waals surface area contributed by atoms with E-state index in [0.717, 1.165) is 19.5 Å². The summed E-state index contributed by atoms with van der Waals surface area (Å²) in [5, 5.41) is 11.0. The molecule has 0 amide bonds. The van der Waals surface area contributed by atoms with Crippen LogP contribution in [0.3, 0.4) is 0 Å². The van der Waals surface area contributed by atoms with Gasteiger partial charge >= 0.3 is 0 Å². The van der Waals surface area contributed by atoms with Gasteiger partial charge in [-0.15, -0.1) is 0 Å². The maximum atomic E-state index is 11.0. The van der Waals surface area contributed by atoms with Crippen molar-refractivity contribution >= 4 is 12.0 Å². The van der Waals surface area contributed by atoms with Gasteiger partial charge in [0.25, 0.3) is 5.69 Å². The van der Waals surface area contributed by atoms with E-state index in [4.69, 9.17) is 14.2 Å². The van der Waals surface area contributed by atoms with Gasteiger partial charge in [0, 0.05) is 26.3 Å². The number of aldehydes is 1. The van der Waals surface area contributed by atoms with Gasteiger partial charge in [0.05, 0.1) is 36.9 Å². The van der Waals surface area contributed by atoms with Crippen LogP contribution in [-0.4, -0.2) is 63.7 Å². The first kappa shape index (κ1) is 18.9. The Balaban J connectivity index is 2.67. The Hall–Kier alpha value is -2.19. The first-order valence-corrected chi connectivity index (χ1v) is 7.15. The normalized spacial score (nSPS) is 10.6. The number of methoxy groups -OCH3 is 2. The number of likely N-dealkylation sites (N-methyl/N-ethyl adjacent to an activating group) is 1. The van der Waals surface area contributed by atoms with Gasteiger partial charge in [-0.1, -0.05) is 0 Å². The Labute approximate surface area is 135 Å². The molecule has 0 aliphatic rings. The molecule has 0 N–H and O–H groups in total. The number of ether oxygens (including phenoxy) is 3. The summed E-state index contributed by atoms with van der Waals surface area (Å²) in [7, 11) is 5.05. The molecule has 0 heterocycles. The van der Waals surface area contributed by atoms with Crippen LogP contribution in [0.4, 0.5) is 5.69 Å². The molecule has 0 fully saturated rings. The number of benzene rings is 1. The van der Waals surface area contributed by atoms with Crippen LogP contribution in [-0.2, 0) is 4.74 Å². The first-order chi connectivity index (χ1) is 11.0. The van der Waals surface area contributed by atoms with Crippen molar-refractivity contribution in [2.45, 2.75) is 6.42 Å². The molecular formula is C15H22N2O6. The molecule has 23 heavy (non-hydrogen) atoms. The molecule has 0 atom stereocenters. The van der Waals surface area contributed by atoms with Gasteiger partial charge in [-0.25, -0.2) is 0 Å². The Morgan fingerprint density at radius 2 is 1.96 bits per heavy atom. The molecule has 0 aromatic heterocycles. The summed E-state index contributed by atoms with van der Waals surface area (Å²) < 4.78 is 15.7. The molecule has 1 aromatic carbocycles. The molecule has 0 aliphatic heterocycles. The second-order valence-corrected chi connectivity index (χ2v) is 4.93. The predicted molar refractivity (Wildman–Crippen MR) is 84.5 cm³/mol. The highest BCUT2D eigenvalue weighted by Gasteiger charge is 2.19. The van der Waals surface area contributed by atoms with E-state index in [0.29, 0.717) is 25.2 Å². The van der Waals surface area contributed by atoms with Crippen LogP contribution in [0.1, 0.15) is 16.8 Å². The molecule has 0 radical (unpaired) electrons. The van der Waals surface area contributed by atoms with Gasteiger partial charge in [0.1, 0.15) is 0 Å². The Kier molecular flexibility index (Phi) is 8.00. The SMILES string of the molecule is COCCN(C)CCCOc1cc([N+](=O)[O-])c(C=O)cc1OC. The second kappa shape index (κ2) is 9.75. The van der Waals surface area contributed by atoms with Crippen molar-refractivity contribution in [1.29, 1.82) is 0 Å². The molecule has 8 heteroatoms. The summed E-state index contributed by atoms with van der Waals surface area (Å²) in [5.74, 6) is 0.551. The Morgan fingerprint density at radius 1 is 1.22 bits per heavy atom. The van der Waals surface area contributed by atoms with Crippen LogP contribution in [0, 0.1) is 10.1 Å². The van der Waals surface area contributed by atoms with Gasteiger partial charge in [-0.05, 0) is 13.5 Å². The average molecular weight is 326 g/mol. The summed E-state index contributed by atoms with van der Waals surface area (Å²) in [4.78, 5) is 23.4. The smallest absolute Gasteiger partial charge is 0.283 e. The van der Waals surface area contributed by atoms with E-state index < -0.39 is 4.92 Å². The summed E-state index contributed by atoms with van der Waals surface area (Å²) in [6.45, 7) is 2.66. The first-order valence-electron chi connectivity index (χ1n) is 7.15. The fourth-order valence-corrected chi connectivity index (χ4v) is 1.97. The molecule has 0 saturated carbocycles. The van der Waals surface area contributed by atoms with Gasteiger partial charge in [-0.3, -0.25) is 14.9 Å². The van der Waals surface area contributed by atoms with Gasteiger partial charge in [0.2, 0.25) is 0 Å². The van der Waals surface area contributed by atoms with E-state index in [1.54, 1.807) is 7.11 Å². The number of nitro groups is 1. The van der Waals surface area contributed by atoms with Crippen molar-refractivity contribution in [2.75, 3.05) is 47.6 Å². The predicted octanol–water partition coefficient (Wildman–Crippen LogP) is 1.76.